The molecular weight excluding hydrogens is 248 g/mol. The lowest BCUT2D eigenvalue weighted by atomic mass is 10.3. The number of hydrogen-bond acceptors (Lipinski definition) is 3. The van der Waals surface area contributed by atoms with E-state index in [1.54, 1.807) is 22.6 Å². The summed E-state index contributed by atoms with van der Waals surface area (Å²) in [6.07, 6.45) is 6.77. The predicted octanol–water partition coefficient (Wildman–Crippen LogP) is 2.67. The van der Waals surface area contributed by atoms with Gasteiger partial charge in [0.1, 0.15) is 4.90 Å². The molecule has 0 aliphatic rings. The SMILES string of the molecule is CCCCN(CCCC)S(=O)(=O)c1cccnc1. The van der Waals surface area contributed by atoms with Crippen LogP contribution in [0.25, 0.3) is 0 Å². The molecule has 0 amide bonds. The van der Waals surface area contributed by atoms with E-state index in [4.69, 9.17) is 0 Å². The number of rotatable bonds is 8. The summed E-state index contributed by atoms with van der Waals surface area (Å²) >= 11 is 0. The summed E-state index contributed by atoms with van der Waals surface area (Å²) in [5, 5.41) is 0. The van der Waals surface area contributed by atoms with Crippen LogP contribution in [0.3, 0.4) is 0 Å². The topological polar surface area (TPSA) is 50.3 Å². The average Bonchev–Trinajstić information content (AvgIpc) is 2.39. The second-order valence-electron chi connectivity index (χ2n) is 4.30. The van der Waals surface area contributed by atoms with Gasteiger partial charge in [-0.15, -0.1) is 0 Å². The standard InChI is InChI=1S/C13H22N2O2S/c1-3-5-10-15(11-6-4-2)18(16,17)13-8-7-9-14-12-13/h7-9,12H,3-6,10-11H2,1-2H3. The number of aromatic nitrogens is 1. The molecule has 4 nitrogen and oxygen atoms in total. The molecule has 102 valence electrons. The van der Waals surface area contributed by atoms with Gasteiger partial charge in [-0.3, -0.25) is 4.98 Å². The summed E-state index contributed by atoms with van der Waals surface area (Å²) in [4.78, 5) is 4.18. The summed E-state index contributed by atoms with van der Waals surface area (Å²) in [5.74, 6) is 0. The first kappa shape index (κ1) is 15.1. The summed E-state index contributed by atoms with van der Waals surface area (Å²) in [6.45, 7) is 5.31. The van der Waals surface area contributed by atoms with Crippen molar-refractivity contribution < 1.29 is 8.42 Å². The first-order valence-corrected chi connectivity index (χ1v) is 7.97. The molecule has 1 rings (SSSR count). The minimum atomic E-state index is -3.37. The summed E-state index contributed by atoms with van der Waals surface area (Å²) < 4.78 is 26.4. The van der Waals surface area contributed by atoms with Gasteiger partial charge in [0.15, 0.2) is 0 Å². The van der Waals surface area contributed by atoms with Crippen molar-refractivity contribution in [2.75, 3.05) is 13.1 Å². The maximum atomic E-state index is 12.4. The Bertz CT molecular complexity index is 424. The highest BCUT2D eigenvalue weighted by Crippen LogP contribution is 2.15. The van der Waals surface area contributed by atoms with Crippen LogP contribution in [-0.4, -0.2) is 30.8 Å². The van der Waals surface area contributed by atoms with Gasteiger partial charge in [-0.2, -0.15) is 4.31 Å². The predicted molar refractivity (Wildman–Crippen MR) is 72.8 cm³/mol. The molecule has 0 radical (unpaired) electrons. The van der Waals surface area contributed by atoms with E-state index in [1.165, 1.54) is 6.20 Å². The smallest absolute Gasteiger partial charge is 0.244 e. The second-order valence-corrected chi connectivity index (χ2v) is 6.24. The molecule has 1 aromatic heterocycles. The Kier molecular flexibility index (Phi) is 6.29. The Balaban J connectivity index is 2.88. The molecule has 0 spiro atoms. The lowest BCUT2D eigenvalue weighted by Gasteiger charge is -2.21. The van der Waals surface area contributed by atoms with E-state index in [0.29, 0.717) is 13.1 Å². The fourth-order valence-electron chi connectivity index (χ4n) is 1.67. The van der Waals surface area contributed by atoms with Gasteiger partial charge in [0.05, 0.1) is 0 Å². The Morgan fingerprint density at radius 1 is 1.17 bits per heavy atom. The molecule has 0 unspecified atom stereocenters. The Labute approximate surface area is 110 Å². The van der Waals surface area contributed by atoms with Gasteiger partial charge in [0.2, 0.25) is 10.0 Å². The van der Waals surface area contributed by atoms with E-state index in [9.17, 15) is 8.42 Å². The largest absolute Gasteiger partial charge is 0.263 e. The molecule has 1 aromatic rings. The molecule has 0 saturated carbocycles. The number of sulfonamides is 1. The summed E-state index contributed by atoms with van der Waals surface area (Å²) in [7, 11) is -3.37. The molecule has 0 fully saturated rings. The van der Waals surface area contributed by atoms with E-state index >= 15 is 0 Å². The van der Waals surface area contributed by atoms with Crippen LogP contribution in [-0.2, 0) is 10.0 Å². The molecule has 0 aliphatic heterocycles. The highest BCUT2D eigenvalue weighted by atomic mass is 32.2. The van der Waals surface area contributed by atoms with Crippen molar-refractivity contribution in [3.8, 4) is 0 Å². The molecule has 5 heteroatoms. The monoisotopic (exact) mass is 270 g/mol. The molecule has 0 aliphatic carbocycles. The van der Waals surface area contributed by atoms with Gasteiger partial charge in [0.25, 0.3) is 0 Å². The molecular formula is C13H22N2O2S. The minimum absolute atomic E-state index is 0.289. The van der Waals surface area contributed by atoms with Gasteiger partial charge in [-0.05, 0) is 25.0 Å². The van der Waals surface area contributed by atoms with Crippen LogP contribution in [0.2, 0.25) is 0 Å². The molecule has 0 atom stereocenters. The van der Waals surface area contributed by atoms with Crippen molar-refractivity contribution >= 4 is 10.0 Å². The van der Waals surface area contributed by atoms with Crippen LogP contribution >= 0.6 is 0 Å². The van der Waals surface area contributed by atoms with Crippen LogP contribution in [0, 0.1) is 0 Å². The van der Waals surface area contributed by atoms with E-state index < -0.39 is 10.0 Å². The molecule has 0 N–H and O–H groups in total. The summed E-state index contributed by atoms with van der Waals surface area (Å²) in [5.41, 5.74) is 0. The quantitative estimate of drug-likeness (QED) is 0.729. The number of nitrogens with zero attached hydrogens (tertiary/aromatic N) is 2. The third-order valence-corrected chi connectivity index (χ3v) is 4.68. The van der Waals surface area contributed by atoms with Crippen molar-refractivity contribution in [1.29, 1.82) is 0 Å². The van der Waals surface area contributed by atoms with Crippen molar-refractivity contribution in [2.45, 2.75) is 44.4 Å². The first-order chi connectivity index (χ1) is 8.62. The molecule has 0 aromatic carbocycles. The Morgan fingerprint density at radius 2 is 1.78 bits per heavy atom. The number of pyridine rings is 1. The van der Waals surface area contributed by atoms with Crippen LogP contribution in [0.5, 0.6) is 0 Å². The second kappa shape index (κ2) is 7.48. The zero-order valence-corrected chi connectivity index (χ0v) is 12.0. The maximum Gasteiger partial charge on any atom is 0.244 e. The van der Waals surface area contributed by atoms with Crippen molar-refractivity contribution in [3.05, 3.63) is 24.5 Å². The van der Waals surface area contributed by atoms with Crippen molar-refractivity contribution in [2.24, 2.45) is 0 Å². The van der Waals surface area contributed by atoms with E-state index in [-0.39, 0.29) is 4.90 Å². The third-order valence-electron chi connectivity index (χ3n) is 2.79. The summed E-state index contributed by atoms with van der Waals surface area (Å²) in [6, 6.07) is 3.26. The van der Waals surface area contributed by atoms with Crippen LogP contribution < -0.4 is 0 Å². The molecule has 18 heavy (non-hydrogen) atoms. The maximum absolute atomic E-state index is 12.4. The van der Waals surface area contributed by atoms with Gasteiger partial charge in [-0.25, -0.2) is 8.42 Å². The van der Waals surface area contributed by atoms with Gasteiger partial charge < -0.3 is 0 Å². The number of hydrogen-bond donors (Lipinski definition) is 0. The molecule has 1 heterocycles. The zero-order chi connectivity index (χ0) is 13.4. The first-order valence-electron chi connectivity index (χ1n) is 6.53. The zero-order valence-electron chi connectivity index (χ0n) is 11.2. The van der Waals surface area contributed by atoms with Gasteiger partial charge >= 0.3 is 0 Å². The average molecular weight is 270 g/mol. The van der Waals surface area contributed by atoms with Crippen molar-refractivity contribution in [3.63, 3.8) is 0 Å². The Hall–Kier alpha value is -0.940. The molecule has 0 bridgehead atoms. The van der Waals surface area contributed by atoms with Gasteiger partial charge in [0, 0.05) is 25.5 Å². The number of unbranched alkanes of at least 4 members (excludes halogenated alkanes) is 2. The van der Waals surface area contributed by atoms with E-state index in [0.717, 1.165) is 25.7 Å². The van der Waals surface area contributed by atoms with Crippen molar-refractivity contribution in [1.82, 2.24) is 9.29 Å². The lowest BCUT2D eigenvalue weighted by Crippen LogP contribution is -2.33. The van der Waals surface area contributed by atoms with E-state index in [1.807, 2.05) is 0 Å². The fraction of sp³-hybridized carbons (Fsp3) is 0.615. The van der Waals surface area contributed by atoms with Crippen LogP contribution in [0.15, 0.2) is 29.4 Å². The van der Waals surface area contributed by atoms with Crippen LogP contribution in [0.1, 0.15) is 39.5 Å². The Morgan fingerprint density at radius 3 is 2.22 bits per heavy atom. The highest BCUT2D eigenvalue weighted by molar-refractivity contribution is 7.89. The van der Waals surface area contributed by atoms with Gasteiger partial charge in [-0.1, -0.05) is 26.7 Å². The van der Waals surface area contributed by atoms with E-state index in [2.05, 4.69) is 18.8 Å². The lowest BCUT2D eigenvalue weighted by molar-refractivity contribution is 0.395. The minimum Gasteiger partial charge on any atom is -0.263 e. The van der Waals surface area contributed by atoms with Crippen LogP contribution in [0.4, 0.5) is 0 Å². The fourth-order valence-corrected chi connectivity index (χ4v) is 3.15. The third kappa shape index (κ3) is 4.07. The normalized spacial score (nSPS) is 11.9. The molecule has 0 saturated heterocycles. The highest BCUT2D eigenvalue weighted by Gasteiger charge is 2.23.